The number of allylic oxidation sites excluding steroid dienone is 1. The number of amides is 2. The largest absolute Gasteiger partial charge is 0.335 e. The molecular formula is C21H23FN4O2. The average Bonchev–Trinajstić information content (AvgIpc) is 2.72. The van der Waals surface area contributed by atoms with Crippen molar-refractivity contribution in [3.63, 3.8) is 0 Å². The van der Waals surface area contributed by atoms with Crippen molar-refractivity contribution in [2.45, 2.75) is 38.3 Å². The van der Waals surface area contributed by atoms with Gasteiger partial charge in [-0.15, -0.1) is 0 Å². The molecule has 1 aromatic heterocycles. The quantitative estimate of drug-likeness (QED) is 0.868. The summed E-state index contributed by atoms with van der Waals surface area (Å²) in [6.45, 7) is 0.879. The van der Waals surface area contributed by atoms with Crippen LogP contribution in [-0.2, 0) is 20.0 Å². The standard InChI is InChI=1S/C21H23FN4O2/c1-25-13-23-19-12-26(11-10-18(19)20(25)27)21(28)24-17-8-4-15(5-9-17)14-2-6-16(22)7-3-14/h2-4,6-7,13,17H,5,8-12H2,1H3,(H,24,28)/t17-/m1/s1. The second-order valence-electron chi connectivity index (χ2n) is 7.41. The van der Waals surface area contributed by atoms with E-state index in [0.717, 1.165) is 24.8 Å². The van der Waals surface area contributed by atoms with Crippen molar-refractivity contribution in [3.8, 4) is 0 Å². The van der Waals surface area contributed by atoms with Crippen molar-refractivity contribution in [2.24, 2.45) is 7.05 Å². The van der Waals surface area contributed by atoms with Gasteiger partial charge in [0.25, 0.3) is 5.56 Å². The fourth-order valence-corrected chi connectivity index (χ4v) is 3.85. The van der Waals surface area contributed by atoms with E-state index in [-0.39, 0.29) is 23.4 Å². The van der Waals surface area contributed by atoms with E-state index in [1.165, 1.54) is 28.6 Å². The third kappa shape index (κ3) is 3.69. The van der Waals surface area contributed by atoms with E-state index in [9.17, 15) is 14.0 Å². The van der Waals surface area contributed by atoms with Crippen LogP contribution in [0.4, 0.5) is 9.18 Å². The highest BCUT2D eigenvalue weighted by atomic mass is 19.1. The zero-order valence-corrected chi connectivity index (χ0v) is 15.8. The van der Waals surface area contributed by atoms with E-state index in [4.69, 9.17) is 0 Å². The second-order valence-corrected chi connectivity index (χ2v) is 7.41. The number of hydrogen-bond acceptors (Lipinski definition) is 3. The number of aromatic nitrogens is 2. The van der Waals surface area contributed by atoms with Crippen LogP contribution in [0.5, 0.6) is 0 Å². The second kappa shape index (κ2) is 7.58. The number of carbonyl (C=O) groups excluding carboxylic acids is 1. The van der Waals surface area contributed by atoms with E-state index >= 15 is 0 Å². The molecule has 28 heavy (non-hydrogen) atoms. The van der Waals surface area contributed by atoms with Crippen molar-refractivity contribution in [1.82, 2.24) is 19.8 Å². The minimum atomic E-state index is -0.235. The minimum absolute atomic E-state index is 0.0317. The Morgan fingerprint density at radius 3 is 2.75 bits per heavy atom. The zero-order valence-electron chi connectivity index (χ0n) is 15.8. The third-order valence-electron chi connectivity index (χ3n) is 5.53. The number of hydrogen-bond donors (Lipinski definition) is 1. The molecule has 1 N–H and O–H groups in total. The van der Waals surface area contributed by atoms with E-state index in [0.29, 0.717) is 30.8 Å². The summed E-state index contributed by atoms with van der Waals surface area (Å²) in [5.74, 6) is -0.235. The van der Waals surface area contributed by atoms with Gasteiger partial charge in [-0.2, -0.15) is 0 Å². The van der Waals surface area contributed by atoms with Crippen molar-refractivity contribution < 1.29 is 9.18 Å². The number of fused-ring (bicyclic) bond motifs is 1. The maximum absolute atomic E-state index is 13.1. The first kappa shape index (κ1) is 18.4. The number of nitrogens with one attached hydrogen (secondary N) is 1. The van der Waals surface area contributed by atoms with Gasteiger partial charge in [-0.25, -0.2) is 14.2 Å². The molecule has 2 aliphatic rings. The number of halogens is 1. The van der Waals surface area contributed by atoms with Crippen LogP contribution < -0.4 is 10.9 Å². The molecule has 1 aromatic carbocycles. The summed E-state index contributed by atoms with van der Waals surface area (Å²) in [6.07, 6.45) is 6.60. The van der Waals surface area contributed by atoms with Gasteiger partial charge in [-0.1, -0.05) is 18.2 Å². The summed E-state index contributed by atoms with van der Waals surface area (Å²) >= 11 is 0. The molecule has 1 atom stereocenters. The van der Waals surface area contributed by atoms with Gasteiger partial charge in [0.1, 0.15) is 5.82 Å². The number of nitrogens with zero attached hydrogens (tertiary/aromatic N) is 3. The van der Waals surface area contributed by atoms with Crippen LogP contribution in [0.1, 0.15) is 36.1 Å². The van der Waals surface area contributed by atoms with Gasteiger partial charge in [0, 0.05) is 25.2 Å². The number of rotatable bonds is 2. The lowest BCUT2D eigenvalue weighted by Gasteiger charge is -2.31. The van der Waals surface area contributed by atoms with Gasteiger partial charge < -0.3 is 14.8 Å². The maximum Gasteiger partial charge on any atom is 0.317 e. The Labute approximate surface area is 162 Å². The van der Waals surface area contributed by atoms with Crippen molar-refractivity contribution in [1.29, 1.82) is 0 Å². The number of benzene rings is 1. The number of aryl methyl sites for hydroxylation is 1. The Morgan fingerprint density at radius 2 is 2.04 bits per heavy atom. The molecule has 2 aromatic rings. The molecule has 6 nitrogen and oxygen atoms in total. The fourth-order valence-electron chi connectivity index (χ4n) is 3.85. The van der Waals surface area contributed by atoms with Crippen molar-refractivity contribution in [2.75, 3.05) is 6.54 Å². The Hall–Kier alpha value is -2.96. The van der Waals surface area contributed by atoms with Gasteiger partial charge in [0.05, 0.1) is 18.6 Å². The number of carbonyl (C=O) groups is 1. The monoisotopic (exact) mass is 382 g/mol. The molecule has 0 unspecified atom stereocenters. The molecule has 2 heterocycles. The third-order valence-corrected chi connectivity index (χ3v) is 5.53. The summed E-state index contributed by atoms with van der Waals surface area (Å²) < 4.78 is 14.5. The zero-order chi connectivity index (χ0) is 19.7. The van der Waals surface area contributed by atoms with Crippen LogP contribution in [0, 0.1) is 5.82 Å². The first-order chi connectivity index (χ1) is 13.5. The van der Waals surface area contributed by atoms with Crippen LogP contribution in [0.25, 0.3) is 5.57 Å². The Balaban J connectivity index is 1.36. The molecular weight excluding hydrogens is 359 g/mol. The molecule has 0 saturated heterocycles. The summed E-state index contributed by atoms with van der Waals surface area (Å²) in [4.78, 5) is 30.8. The average molecular weight is 382 g/mol. The van der Waals surface area contributed by atoms with Gasteiger partial charge in [0.2, 0.25) is 0 Å². The van der Waals surface area contributed by atoms with Crippen molar-refractivity contribution in [3.05, 3.63) is 69.7 Å². The van der Waals surface area contributed by atoms with Gasteiger partial charge >= 0.3 is 6.03 Å². The van der Waals surface area contributed by atoms with Gasteiger partial charge in [-0.05, 0) is 49.0 Å². The van der Waals surface area contributed by atoms with E-state index in [1.54, 1.807) is 24.1 Å². The smallest absolute Gasteiger partial charge is 0.317 e. The number of urea groups is 1. The van der Waals surface area contributed by atoms with Gasteiger partial charge in [-0.3, -0.25) is 4.79 Å². The molecule has 0 radical (unpaired) electrons. The minimum Gasteiger partial charge on any atom is -0.335 e. The van der Waals surface area contributed by atoms with E-state index in [2.05, 4.69) is 16.4 Å². The molecule has 1 aliphatic heterocycles. The molecule has 4 rings (SSSR count). The first-order valence-electron chi connectivity index (χ1n) is 9.55. The van der Waals surface area contributed by atoms with Crippen LogP contribution in [0.2, 0.25) is 0 Å². The molecule has 146 valence electrons. The Morgan fingerprint density at radius 1 is 1.25 bits per heavy atom. The Kier molecular flexibility index (Phi) is 4.98. The van der Waals surface area contributed by atoms with Crippen LogP contribution in [0.3, 0.4) is 0 Å². The fraction of sp³-hybridized carbons (Fsp3) is 0.381. The highest BCUT2D eigenvalue weighted by Gasteiger charge is 2.26. The molecule has 0 spiro atoms. The molecule has 0 bridgehead atoms. The van der Waals surface area contributed by atoms with E-state index < -0.39 is 0 Å². The van der Waals surface area contributed by atoms with Crippen LogP contribution >= 0.6 is 0 Å². The summed E-state index contributed by atoms with van der Waals surface area (Å²) in [5.41, 5.74) is 3.59. The van der Waals surface area contributed by atoms with Gasteiger partial charge in [0.15, 0.2) is 0 Å². The summed E-state index contributed by atoms with van der Waals surface area (Å²) in [7, 11) is 1.69. The first-order valence-corrected chi connectivity index (χ1v) is 9.55. The Bertz CT molecular complexity index is 981. The maximum atomic E-state index is 13.1. The molecule has 0 fully saturated rings. The van der Waals surface area contributed by atoms with Crippen LogP contribution in [-0.4, -0.2) is 33.1 Å². The summed E-state index contributed by atoms with van der Waals surface area (Å²) in [5, 5.41) is 3.10. The topological polar surface area (TPSA) is 67.2 Å². The molecule has 0 saturated carbocycles. The highest BCUT2D eigenvalue weighted by molar-refractivity contribution is 5.75. The SMILES string of the molecule is Cn1cnc2c(c1=O)CCN(C(=O)N[C@@H]1CC=C(c3ccc(F)cc3)CC1)C2. The highest BCUT2D eigenvalue weighted by Crippen LogP contribution is 2.27. The normalized spacial score (nSPS) is 19.0. The molecule has 1 aliphatic carbocycles. The molecule has 2 amide bonds. The summed E-state index contributed by atoms with van der Waals surface area (Å²) in [6, 6.07) is 6.50. The van der Waals surface area contributed by atoms with E-state index in [1.807, 2.05) is 0 Å². The van der Waals surface area contributed by atoms with Crippen LogP contribution in [0.15, 0.2) is 41.5 Å². The lowest BCUT2D eigenvalue weighted by molar-refractivity contribution is 0.186. The molecule has 7 heteroatoms. The predicted molar refractivity (Wildman–Crippen MR) is 104 cm³/mol. The predicted octanol–water partition coefficient (Wildman–Crippen LogP) is 2.62. The lowest BCUT2D eigenvalue weighted by Crippen LogP contribution is -2.48. The lowest BCUT2D eigenvalue weighted by atomic mass is 9.91. The van der Waals surface area contributed by atoms with Crippen molar-refractivity contribution >= 4 is 11.6 Å².